The number of carboxylic acid groups (broad SMARTS) is 2. The Bertz CT molecular complexity index is 550. The second kappa shape index (κ2) is 10.3. The molecule has 0 aliphatic carbocycles. The van der Waals surface area contributed by atoms with Crippen LogP contribution in [0.15, 0.2) is 11.1 Å². The number of ether oxygens (including phenoxy) is 1. The molecular formula is C13H19N3O5S2. The quantitative estimate of drug-likeness (QED) is 0.453. The van der Waals surface area contributed by atoms with Crippen LogP contribution in [0.1, 0.15) is 12.1 Å². The predicted octanol–water partition coefficient (Wildman–Crippen LogP) is 1.15. The third kappa shape index (κ3) is 7.08. The summed E-state index contributed by atoms with van der Waals surface area (Å²) in [5.41, 5.74) is 2.38. The number of nitrogens with zero attached hydrogens (tertiary/aromatic N) is 3. The summed E-state index contributed by atoms with van der Waals surface area (Å²) in [5.74, 6) is -2.72. The first-order valence-corrected chi connectivity index (χ1v) is 8.45. The first-order chi connectivity index (χ1) is 11.0. The number of carbonyl (C=O) groups is 2. The van der Waals surface area contributed by atoms with Gasteiger partial charge in [0.05, 0.1) is 18.3 Å². The van der Waals surface area contributed by atoms with Crippen LogP contribution in [-0.2, 0) is 14.3 Å². The molecule has 1 aromatic heterocycles. The molecule has 0 atom stereocenters. The second-order valence-electron chi connectivity index (χ2n) is 4.63. The summed E-state index contributed by atoms with van der Waals surface area (Å²) < 4.78 is 13.8. The smallest absolute Gasteiger partial charge is 0.414 e. The summed E-state index contributed by atoms with van der Waals surface area (Å²) >= 11 is 3.02. The van der Waals surface area contributed by atoms with Gasteiger partial charge in [-0.1, -0.05) is 6.08 Å². The van der Waals surface area contributed by atoms with E-state index in [1.165, 1.54) is 17.3 Å². The Kier molecular flexibility index (Phi) is 8.77. The Morgan fingerprint density at radius 1 is 1.39 bits per heavy atom. The summed E-state index contributed by atoms with van der Waals surface area (Å²) in [6, 6.07) is 0. The highest BCUT2D eigenvalue weighted by Crippen LogP contribution is 2.28. The van der Waals surface area contributed by atoms with Gasteiger partial charge in [0.2, 0.25) is 0 Å². The van der Waals surface area contributed by atoms with Crippen LogP contribution in [0.5, 0.6) is 0 Å². The molecule has 2 rings (SSSR count). The molecule has 10 heteroatoms. The van der Waals surface area contributed by atoms with Crippen molar-refractivity contribution in [3.05, 3.63) is 11.8 Å². The summed E-state index contributed by atoms with van der Waals surface area (Å²) in [7, 11) is 3.87. The normalized spacial score (nSPS) is 14.6. The molecule has 23 heavy (non-hydrogen) atoms. The highest BCUT2D eigenvalue weighted by Gasteiger charge is 2.17. The number of rotatable bonds is 5. The van der Waals surface area contributed by atoms with Crippen LogP contribution >= 0.6 is 23.5 Å². The molecule has 1 aliphatic heterocycles. The molecule has 1 aromatic rings. The molecule has 0 saturated heterocycles. The fourth-order valence-corrected chi connectivity index (χ4v) is 3.37. The van der Waals surface area contributed by atoms with Crippen molar-refractivity contribution >= 4 is 41.0 Å². The molecule has 128 valence electrons. The van der Waals surface area contributed by atoms with Crippen molar-refractivity contribution in [1.29, 1.82) is 0 Å². The van der Waals surface area contributed by atoms with Crippen LogP contribution in [0.4, 0.5) is 0 Å². The van der Waals surface area contributed by atoms with Gasteiger partial charge in [-0.15, -0.1) is 11.8 Å². The van der Waals surface area contributed by atoms with Gasteiger partial charge in [-0.2, -0.15) is 8.75 Å². The Hall–Kier alpha value is -1.49. The fraction of sp³-hybridized carbons (Fsp3) is 0.538. The van der Waals surface area contributed by atoms with Gasteiger partial charge in [0.1, 0.15) is 10.7 Å². The van der Waals surface area contributed by atoms with Crippen LogP contribution in [0, 0.1) is 0 Å². The molecule has 8 nitrogen and oxygen atoms in total. The lowest BCUT2D eigenvalue weighted by Gasteiger charge is -2.22. The van der Waals surface area contributed by atoms with E-state index in [-0.39, 0.29) is 0 Å². The van der Waals surface area contributed by atoms with Crippen LogP contribution in [0.2, 0.25) is 0 Å². The number of likely N-dealkylation sites (N-methyl/N-ethyl adjacent to an activating group) is 1. The van der Waals surface area contributed by atoms with E-state index in [0.29, 0.717) is 0 Å². The Labute approximate surface area is 142 Å². The number of aromatic nitrogens is 2. The van der Waals surface area contributed by atoms with E-state index in [1.54, 1.807) is 18.9 Å². The zero-order chi connectivity index (χ0) is 17.2. The molecule has 0 fully saturated rings. The first kappa shape index (κ1) is 19.6. The number of hydrogen-bond donors (Lipinski definition) is 2. The maximum Gasteiger partial charge on any atom is 0.414 e. The monoisotopic (exact) mass is 361 g/mol. The van der Waals surface area contributed by atoms with Crippen LogP contribution in [0.25, 0.3) is 5.57 Å². The SMILES string of the molecule is COCCSc1nsnc1C1=CCCN(C)C1.O=C(O)C(=O)O. The molecule has 0 amide bonds. The highest BCUT2D eigenvalue weighted by atomic mass is 32.2. The Morgan fingerprint density at radius 3 is 2.65 bits per heavy atom. The number of thioether (sulfide) groups is 1. The third-order valence-electron chi connectivity index (χ3n) is 2.81. The van der Waals surface area contributed by atoms with Crippen molar-refractivity contribution in [3.8, 4) is 0 Å². The lowest BCUT2D eigenvalue weighted by Crippen LogP contribution is -2.25. The van der Waals surface area contributed by atoms with Crippen molar-refractivity contribution in [2.75, 3.05) is 39.6 Å². The van der Waals surface area contributed by atoms with Crippen molar-refractivity contribution in [2.24, 2.45) is 0 Å². The Morgan fingerprint density at radius 2 is 2.09 bits per heavy atom. The lowest BCUT2D eigenvalue weighted by atomic mass is 10.1. The number of aliphatic carboxylic acids is 2. The maximum absolute atomic E-state index is 9.10. The van der Waals surface area contributed by atoms with Gasteiger partial charge in [0.25, 0.3) is 0 Å². The summed E-state index contributed by atoms with van der Waals surface area (Å²) in [6.07, 6.45) is 3.39. The average molecular weight is 361 g/mol. The number of carboxylic acids is 2. The molecule has 0 aromatic carbocycles. The number of hydrogen-bond acceptors (Lipinski definition) is 8. The van der Waals surface area contributed by atoms with Crippen LogP contribution in [-0.4, -0.2) is 75.4 Å². The first-order valence-electron chi connectivity index (χ1n) is 6.74. The van der Waals surface area contributed by atoms with Gasteiger partial charge < -0.3 is 19.8 Å². The number of methoxy groups -OCH3 is 1. The van der Waals surface area contributed by atoms with Gasteiger partial charge in [0, 0.05) is 26.0 Å². The van der Waals surface area contributed by atoms with E-state index >= 15 is 0 Å². The average Bonchev–Trinajstić information content (AvgIpc) is 2.96. The molecule has 0 bridgehead atoms. The maximum atomic E-state index is 9.10. The summed E-state index contributed by atoms with van der Waals surface area (Å²) in [4.78, 5) is 20.5. The molecule has 0 spiro atoms. The molecule has 0 unspecified atom stereocenters. The molecule has 0 radical (unpaired) electrons. The van der Waals surface area contributed by atoms with Crippen LogP contribution < -0.4 is 0 Å². The van der Waals surface area contributed by atoms with E-state index in [9.17, 15) is 0 Å². The van der Waals surface area contributed by atoms with Gasteiger partial charge in [-0.3, -0.25) is 0 Å². The second-order valence-corrected chi connectivity index (χ2v) is 6.24. The standard InChI is InChI=1S/C11H17N3OS2.C2H2O4/c1-14-5-3-4-9(8-14)10-11(13-17-12-10)16-7-6-15-2;3-1(4)2(5)6/h4H,3,5-8H2,1-2H3;(H,3,4)(H,5,6). The van der Waals surface area contributed by atoms with Crippen molar-refractivity contribution in [3.63, 3.8) is 0 Å². The minimum Gasteiger partial charge on any atom is -0.473 e. The van der Waals surface area contributed by atoms with Gasteiger partial charge in [-0.05, 0) is 19.0 Å². The van der Waals surface area contributed by atoms with Gasteiger partial charge in [0.15, 0.2) is 0 Å². The zero-order valence-corrected chi connectivity index (χ0v) is 14.5. The van der Waals surface area contributed by atoms with E-state index in [4.69, 9.17) is 24.5 Å². The van der Waals surface area contributed by atoms with Crippen LogP contribution in [0.3, 0.4) is 0 Å². The van der Waals surface area contributed by atoms with Crippen molar-refractivity contribution < 1.29 is 24.5 Å². The Balaban J connectivity index is 0.000000379. The van der Waals surface area contributed by atoms with E-state index < -0.39 is 11.9 Å². The third-order valence-corrected chi connectivity index (χ3v) is 4.39. The van der Waals surface area contributed by atoms with E-state index in [2.05, 4.69) is 26.8 Å². The van der Waals surface area contributed by atoms with E-state index in [0.717, 1.165) is 42.6 Å². The molecule has 2 heterocycles. The fourth-order valence-electron chi connectivity index (χ4n) is 1.76. The highest BCUT2D eigenvalue weighted by molar-refractivity contribution is 7.99. The van der Waals surface area contributed by atoms with Crippen molar-refractivity contribution in [2.45, 2.75) is 11.4 Å². The zero-order valence-electron chi connectivity index (χ0n) is 12.9. The van der Waals surface area contributed by atoms with Gasteiger partial charge >= 0.3 is 11.9 Å². The predicted molar refractivity (Wildman–Crippen MR) is 87.9 cm³/mol. The lowest BCUT2D eigenvalue weighted by molar-refractivity contribution is -0.159. The molecular weight excluding hydrogens is 342 g/mol. The molecule has 1 aliphatic rings. The minimum absolute atomic E-state index is 0.751. The van der Waals surface area contributed by atoms with Crippen molar-refractivity contribution in [1.82, 2.24) is 13.6 Å². The molecule has 0 saturated carbocycles. The van der Waals surface area contributed by atoms with E-state index in [1.807, 2.05) is 0 Å². The topological polar surface area (TPSA) is 113 Å². The largest absolute Gasteiger partial charge is 0.473 e. The van der Waals surface area contributed by atoms with Gasteiger partial charge in [-0.25, -0.2) is 9.59 Å². The summed E-state index contributed by atoms with van der Waals surface area (Å²) in [6.45, 7) is 2.86. The minimum atomic E-state index is -1.82. The molecule has 2 N–H and O–H groups in total. The summed E-state index contributed by atoms with van der Waals surface area (Å²) in [5, 5.41) is 15.8.